The predicted octanol–water partition coefficient (Wildman–Crippen LogP) is 3.85. The minimum Gasteiger partial charge on any atom is -0.504 e. The van der Waals surface area contributed by atoms with Crippen molar-refractivity contribution in [3.05, 3.63) is 74.5 Å². The number of aliphatic carboxylic acids is 2. The molecule has 0 spiro atoms. The summed E-state index contributed by atoms with van der Waals surface area (Å²) >= 11 is 1.75. The van der Waals surface area contributed by atoms with Crippen molar-refractivity contribution in [3.63, 3.8) is 0 Å². The molecule has 0 aliphatic carbocycles. The van der Waals surface area contributed by atoms with E-state index >= 15 is 0 Å². The van der Waals surface area contributed by atoms with E-state index in [1.807, 2.05) is 27.7 Å². The Morgan fingerprint density at radius 3 is 2.11 bits per heavy atom. The Bertz CT molecular complexity index is 1660. The van der Waals surface area contributed by atoms with Crippen LogP contribution in [0, 0.1) is 25.7 Å². The predicted molar refractivity (Wildman–Crippen MR) is 171 cm³/mol. The maximum atomic E-state index is 12.6. The molecule has 4 atom stereocenters. The maximum absolute atomic E-state index is 12.6. The highest BCUT2D eigenvalue weighted by molar-refractivity contribution is 8.06. The lowest BCUT2D eigenvalue weighted by Crippen LogP contribution is -2.30. The van der Waals surface area contributed by atoms with Crippen molar-refractivity contribution in [2.45, 2.75) is 77.5 Å². The van der Waals surface area contributed by atoms with Crippen molar-refractivity contribution in [2.24, 2.45) is 11.8 Å². The molecule has 12 heteroatoms. The van der Waals surface area contributed by atoms with E-state index in [0.717, 1.165) is 39.4 Å². The normalized spacial score (nSPS) is 23.7. The number of thioether (sulfide) groups is 1. The molecule has 2 aromatic heterocycles. The molecule has 45 heavy (non-hydrogen) atoms. The van der Waals surface area contributed by atoms with Gasteiger partial charge in [0.15, 0.2) is 5.76 Å². The van der Waals surface area contributed by atoms with Crippen LogP contribution in [0.2, 0.25) is 0 Å². The van der Waals surface area contributed by atoms with Crippen LogP contribution in [0.4, 0.5) is 0 Å². The minimum absolute atomic E-state index is 0.0442. The van der Waals surface area contributed by atoms with E-state index in [1.165, 1.54) is 0 Å². The molecule has 2 aromatic rings. The summed E-state index contributed by atoms with van der Waals surface area (Å²) in [6.07, 6.45) is 2.66. The molecule has 3 aliphatic rings. The number of aliphatic hydroxyl groups is 1. The van der Waals surface area contributed by atoms with Crippen LogP contribution in [0.5, 0.6) is 0 Å². The summed E-state index contributed by atoms with van der Waals surface area (Å²) in [5.41, 5.74) is 7.94. The number of carboxylic acid groups (broad SMARTS) is 2. The highest BCUT2D eigenvalue weighted by atomic mass is 32.2. The number of carbonyl (C=O) groups excluding carboxylic acids is 2. The third-order valence-corrected chi connectivity index (χ3v) is 10.5. The average Bonchev–Trinajstić information content (AvgIpc) is 3.54. The number of aromatic amines is 2. The van der Waals surface area contributed by atoms with Crippen LogP contribution in [0.3, 0.4) is 0 Å². The zero-order valence-corrected chi connectivity index (χ0v) is 26.7. The molecule has 0 saturated carbocycles. The Morgan fingerprint density at radius 1 is 0.956 bits per heavy atom. The second kappa shape index (κ2) is 12.7. The number of carboxylic acids is 2. The van der Waals surface area contributed by atoms with Crippen LogP contribution in [0.25, 0.3) is 5.76 Å². The van der Waals surface area contributed by atoms with Crippen LogP contribution >= 0.6 is 11.8 Å². The molecule has 5 heterocycles. The molecule has 7 N–H and O–H groups in total. The first-order chi connectivity index (χ1) is 21.3. The third-order valence-electron chi connectivity index (χ3n) is 9.48. The topological polar surface area (TPSA) is 185 Å². The van der Waals surface area contributed by atoms with E-state index in [2.05, 4.69) is 27.2 Å². The zero-order valence-electron chi connectivity index (χ0n) is 25.9. The number of H-pyrrole nitrogens is 2. The molecule has 0 bridgehead atoms. The number of nitrogens with one attached hydrogen (secondary N) is 4. The van der Waals surface area contributed by atoms with E-state index in [4.69, 9.17) is 0 Å². The van der Waals surface area contributed by atoms with E-state index in [0.29, 0.717) is 41.1 Å². The monoisotopic (exact) mass is 636 g/mol. The van der Waals surface area contributed by atoms with Gasteiger partial charge in [0.1, 0.15) is 0 Å². The highest BCUT2D eigenvalue weighted by Gasteiger charge is 2.47. The molecule has 2 fully saturated rings. The van der Waals surface area contributed by atoms with Crippen molar-refractivity contribution in [1.29, 1.82) is 0 Å². The van der Waals surface area contributed by atoms with E-state index < -0.39 is 11.9 Å². The molecule has 5 rings (SSSR count). The zero-order chi connectivity index (χ0) is 32.7. The fourth-order valence-corrected chi connectivity index (χ4v) is 7.65. The summed E-state index contributed by atoms with van der Waals surface area (Å²) in [7, 11) is 0. The van der Waals surface area contributed by atoms with Gasteiger partial charge in [-0.15, -0.1) is 0 Å². The molecular weight excluding hydrogens is 596 g/mol. The lowest BCUT2D eigenvalue weighted by Gasteiger charge is -2.14. The van der Waals surface area contributed by atoms with Gasteiger partial charge in [0.25, 0.3) is 5.91 Å². The van der Waals surface area contributed by atoms with E-state index in [9.17, 15) is 34.5 Å². The Hall–Kier alpha value is -4.19. The summed E-state index contributed by atoms with van der Waals surface area (Å²) in [6.45, 7) is 11.3. The van der Waals surface area contributed by atoms with Gasteiger partial charge < -0.3 is 35.9 Å². The van der Waals surface area contributed by atoms with Gasteiger partial charge in [-0.2, -0.15) is 11.8 Å². The summed E-state index contributed by atoms with van der Waals surface area (Å²) in [6, 6.07) is -0.237. The van der Waals surface area contributed by atoms with Crippen molar-refractivity contribution in [3.8, 4) is 0 Å². The number of amides is 2. The van der Waals surface area contributed by atoms with Gasteiger partial charge in [-0.25, -0.2) is 0 Å². The van der Waals surface area contributed by atoms with Gasteiger partial charge in [0, 0.05) is 71.2 Å². The Morgan fingerprint density at radius 2 is 1.56 bits per heavy atom. The molecule has 2 amide bonds. The highest BCUT2D eigenvalue weighted by Crippen LogP contribution is 2.47. The molecule has 0 radical (unpaired) electrons. The van der Waals surface area contributed by atoms with Crippen molar-refractivity contribution >= 4 is 41.3 Å². The Kier molecular flexibility index (Phi) is 9.06. The summed E-state index contributed by atoms with van der Waals surface area (Å²) < 4.78 is 0. The van der Waals surface area contributed by atoms with Crippen molar-refractivity contribution < 1.29 is 34.5 Å². The first-order valence-electron chi connectivity index (χ1n) is 15.1. The SMILES string of the molecule is C=CC1=C(C)[C@@H](Cc2[nH]c(Cc3[nH]c(/C(O)=C4\NC(=O)[C@H](C)[C@H]4[C@H]4CS4)c(C)c3CCC(=O)O)c(CCC(=O)O)c2C)NC1=O. The lowest BCUT2D eigenvalue weighted by molar-refractivity contribution is -0.138. The second-order valence-electron chi connectivity index (χ2n) is 12.2. The van der Waals surface area contributed by atoms with E-state index in [-0.39, 0.29) is 66.4 Å². The van der Waals surface area contributed by atoms with Gasteiger partial charge in [0.05, 0.1) is 17.4 Å². The molecular formula is C33H40N4O7S. The first-order valence-corrected chi connectivity index (χ1v) is 16.2. The molecule has 11 nitrogen and oxygen atoms in total. The third kappa shape index (κ3) is 6.33. The standard InChI is InChI=1S/C33H40N4O7S/c1-6-18-14(2)22(36-33(18)44)11-21-15(3)19(7-9-26(38)39)23(34-21)12-24-20(8-10-27(40)41)16(4)29(35-24)31(42)30-28(25-13-45-25)17(5)32(43)37-30/h6,17,22,25,28,34-35,42H,1,7-13H2,2-5H3,(H,36,44)(H,37,43)(H,38,39)(H,40,41)/b31-30+/t17-,22-,25-,28+/m1/s1. The van der Waals surface area contributed by atoms with Gasteiger partial charge in [-0.3, -0.25) is 19.2 Å². The van der Waals surface area contributed by atoms with Crippen LogP contribution in [-0.4, -0.2) is 66.1 Å². The fraction of sp³-hybridized carbons (Fsp3) is 0.455. The number of hydrogen-bond acceptors (Lipinski definition) is 6. The maximum Gasteiger partial charge on any atom is 0.303 e. The minimum atomic E-state index is -0.950. The first kappa shape index (κ1) is 32.2. The molecule has 2 saturated heterocycles. The van der Waals surface area contributed by atoms with Crippen LogP contribution in [-0.2, 0) is 44.9 Å². The summed E-state index contributed by atoms with van der Waals surface area (Å²) in [4.78, 5) is 55.0. The smallest absolute Gasteiger partial charge is 0.303 e. The van der Waals surface area contributed by atoms with Crippen LogP contribution in [0.15, 0.2) is 29.5 Å². The second-order valence-corrected chi connectivity index (χ2v) is 13.5. The fourth-order valence-electron chi connectivity index (χ4n) is 6.76. The van der Waals surface area contributed by atoms with Gasteiger partial charge in [-0.1, -0.05) is 19.6 Å². The molecule has 3 aliphatic heterocycles. The summed E-state index contributed by atoms with van der Waals surface area (Å²) in [5, 5.41) is 36.6. The number of aromatic nitrogens is 2. The molecule has 240 valence electrons. The van der Waals surface area contributed by atoms with Crippen molar-refractivity contribution in [1.82, 2.24) is 20.6 Å². The quantitative estimate of drug-likeness (QED) is 0.128. The molecule has 0 unspecified atom stereocenters. The number of hydrogen-bond donors (Lipinski definition) is 7. The largest absolute Gasteiger partial charge is 0.504 e. The van der Waals surface area contributed by atoms with Gasteiger partial charge in [0.2, 0.25) is 5.91 Å². The average molecular weight is 637 g/mol. The van der Waals surface area contributed by atoms with Crippen molar-refractivity contribution in [2.75, 3.05) is 5.75 Å². The number of rotatable bonds is 13. The van der Waals surface area contributed by atoms with Crippen LogP contribution in [0.1, 0.15) is 71.7 Å². The van der Waals surface area contributed by atoms with Crippen LogP contribution < -0.4 is 10.6 Å². The van der Waals surface area contributed by atoms with E-state index in [1.54, 1.807) is 17.8 Å². The van der Waals surface area contributed by atoms with Gasteiger partial charge >= 0.3 is 11.9 Å². The number of allylic oxidation sites excluding steroid dienone is 1. The molecule has 0 aromatic carbocycles. The van der Waals surface area contributed by atoms with Gasteiger partial charge in [-0.05, 0) is 61.4 Å². The number of aliphatic hydroxyl groups excluding tert-OH is 1. The number of carbonyl (C=O) groups is 4. The Labute approximate surface area is 265 Å². The Balaban J connectivity index is 1.54. The summed E-state index contributed by atoms with van der Waals surface area (Å²) in [5.74, 6) is -1.72. The lowest BCUT2D eigenvalue weighted by atomic mass is 9.91.